The molecular formula is C21H36N2. The summed E-state index contributed by atoms with van der Waals surface area (Å²) in [7, 11) is 0. The van der Waals surface area contributed by atoms with Gasteiger partial charge in [0.25, 0.3) is 0 Å². The molecule has 2 heteroatoms. The van der Waals surface area contributed by atoms with Crippen LogP contribution in [0.2, 0.25) is 0 Å². The van der Waals surface area contributed by atoms with E-state index in [0.717, 1.165) is 23.7 Å². The van der Waals surface area contributed by atoms with Gasteiger partial charge < -0.3 is 11.5 Å². The van der Waals surface area contributed by atoms with Crippen LogP contribution in [0.1, 0.15) is 83.3 Å². The SMILES string of the molecule is CCCCCc1cc(N)c([C@@H]2C[C@H](C)CC[C@H]2C(C)C)c(N)c1. The molecule has 0 heterocycles. The van der Waals surface area contributed by atoms with Crippen molar-refractivity contribution in [3.8, 4) is 0 Å². The number of nitrogen functional groups attached to an aromatic ring is 2. The molecule has 1 saturated carbocycles. The van der Waals surface area contributed by atoms with E-state index >= 15 is 0 Å². The molecule has 0 aliphatic heterocycles. The molecule has 3 atom stereocenters. The quantitative estimate of drug-likeness (QED) is 0.518. The van der Waals surface area contributed by atoms with Crippen LogP contribution in [-0.4, -0.2) is 0 Å². The third-order valence-corrected chi connectivity index (χ3v) is 5.77. The lowest BCUT2D eigenvalue weighted by atomic mass is 9.67. The topological polar surface area (TPSA) is 52.0 Å². The van der Waals surface area contributed by atoms with E-state index in [1.807, 2.05) is 0 Å². The predicted octanol–water partition coefficient (Wildman–Crippen LogP) is 5.76. The standard InChI is InChI=1S/C21H36N2/c1-5-6-7-8-16-12-19(22)21(20(23)13-16)18-11-15(4)9-10-17(18)14(2)3/h12-15,17-18H,5-11,22-23H2,1-4H3/t15-,17+,18-/m1/s1. The number of rotatable bonds is 6. The third kappa shape index (κ3) is 4.43. The zero-order chi connectivity index (χ0) is 17.0. The second-order valence-electron chi connectivity index (χ2n) is 8.08. The van der Waals surface area contributed by atoms with Crippen LogP contribution in [0.4, 0.5) is 11.4 Å². The molecule has 0 bridgehead atoms. The van der Waals surface area contributed by atoms with Crippen molar-refractivity contribution < 1.29 is 0 Å². The Kier molecular flexibility index (Phi) is 6.38. The van der Waals surface area contributed by atoms with Crippen molar-refractivity contribution in [1.82, 2.24) is 0 Å². The molecule has 130 valence electrons. The zero-order valence-electron chi connectivity index (χ0n) is 15.6. The van der Waals surface area contributed by atoms with Gasteiger partial charge in [-0.25, -0.2) is 0 Å². The molecule has 1 fully saturated rings. The van der Waals surface area contributed by atoms with E-state index in [2.05, 4.69) is 39.8 Å². The summed E-state index contributed by atoms with van der Waals surface area (Å²) in [6.07, 6.45) is 8.72. The summed E-state index contributed by atoms with van der Waals surface area (Å²) >= 11 is 0. The van der Waals surface area contributed by atoms with Gasteiger partial charge in [0.15, 0.2) is 0 Å². The van der Waals surface area contributed by atoms with E-state index in [-0.39, 0.29) is 0 Å². The van der Waals surface area contributed by atoms with E-state index in [1.165, 1.54) is 49.7 Å². The summed E-state index contributed by atoms with van der Waals surface area (Å²) in [5.41, 5.74) is 17.4. The molecule has 0 radical (unpaired) electrons. The van der Waals surface area contributed by atoms with Crippen molar-refractivity contribution in [3.63, 3.8) is 0 Å². The normalized spacial score (nSPS) is 25.0. The fraction of sp³-hybridized carbons (Fsp3) is 0.714. The lowest BCUT2D eigenvalue weighted by Crippen LogP contribution is -2.27. The van der Waals surface area contributed by atoms with Gasteiger partial charge in [0, 0.05) is 16.9 Å². The van der Waals surface area contributed by atoms with Crippen LogP contribution < -0.4 is 11.5 Å². The molecule has 1 aromatic carbocycles. The number of unbranched alkanes of at least 4 members (excludes halogenated alkanes) is 2. The summed E-state index contributed by atoms with van der Waals surface area (Å²) in [6, 6.07) is 4.38. The lowest BCUT2D eigenvalue weighted by Gasteiger charge is -2.38. The van der Waals surface area contributed by atoms with Crippen LogP contribution in [0, 0.1) is 17.8 Å². The summed E-state index contributed by atoms with van der Waals surface area (Å²) in [5, 5.41) is 0. The molecule has 2 nitrogen and oxygen atoms in total. The molecule has 2 rings (SSSR count). The van der Waals surface area contributed by atoms with Crippen molar-refractivity contribution in [2.75, 3.05) is 11.5 Å². The lowest BCUT2D eigenvalue weighted by molar-refractivity contribution is 0.198. The van der Waals surface area contributed by atoms with Crippen molar-refractivity contribution in [2.45, 2.75) is 78.6 Å². The van der Waals surface area contributed by atoms with E-state index < -0.39 is 0 Å². The average Bonchev–Trinajstić information content (AvgIpc) is 2.46. The Balaban J connectivity index is 2.26. The Morgan fingerprint density at radius 3 is 2.30 bits per heavy atom. The number of hydrogen-bond acceptors (Lipinski definition) is 2. The molecule has 1 aliphatic rings. The van der Waals surface area contributed by atoms with Crippen LogP contribution in [0.25, 0.3) is 0 Å². The maximum atomic E-state index is 6.49. The molecule has 0 aromatic heterocycles. The predicted molar refractivity (Wildman–Crippen MR) is 103 cm³/mol. The number of aryl methyl sites for hydroxylation is 1. The molecule has 0 spiro atoms. The van der Waals surface area contributed by atoms with E-state index in [4.69, 9.17) is 11.5 Å². The Morgan fingerprint density at radius 2 is 1.74 bits per heavy atom. The maximum absolute atomic E-state index is 6.49. The van der Waals surface area contributed by atoms with Gasteiger partial charge in [0.1, 0.15) is 0 Å². The highest BCUT2D eigenvalue weighted by Gasteiger charge is 2.33. The van der Waals surface area contributed by atoms with Gasteiger partial charge in [-0.2, -0.15) is 0 Å². The van der Waals surface area contributed by atoms with Crippen LogP contribution in [-0.2, 0) is 6.42 Å². The highest BCUT2D eigenvalue weighted by Crippen LogP contribution is 2.47. The van der Waals surface area contributed by atoms with Crippen LogP contribution in [0.3, 0.4) is 0 Å². The molecule has 1 aromatic rings. The molecule has 23 heavy (non-hydrogen) atoms. The molecule has 0 unspecified atom stereocenters. The number of nitrogens with two attached hydrogens (primary N) is 2. The van der Waals surface area contributed by atoms with Gasteiger partial charge in [-0.3, -0.25) is 0 Å². The second kappa shape index (κ2) is 8.08. The molecular weight excluding hydrogens is 280 g/mol. The number of anilines is 2. The van der Waals surface area contributed by atoms with Gasteiger partial charge in [-0.05, 0) is 67.1 Å². The van der Waals surface area contributed by atoms with Crippen LogP contribution >= 0.6 is 0 Å². The first-order valence-electron chi connectivity index (χ1n) is 9.61. The second-order valence-corrected chi connectivity index (χ2v) is 8.08. The summed E-state index contributed by atoms with van der Waals surface area (Å²) in [6.45, 7) is 9.30. The van der Waals surface area contributed by atoms with Gasteiger partial charge in [-0.15, -0.1) is 0 Å². The highest BCUT2D eigenvalue weighted by atomic mass is 14.6. The smallest absolute Gasteiger partial charge is 0.0373 e. The molecule has 0 amide bonds. The summed E-state index contributed by atoms with van der Waals surface area (Å²) in [5.74, 6) is 2.71. The fourth-order valence-corrected chi connectivity index (χ4v) is 4.45. The zero-order valence-corrected chi connectivity index (χ0v) is 15.6. The average molecular weight is 317 g/mol. The van der Waals surface area contributed by atoms with Gasteiger partial charge in [0.2, 0.25) is 0 Å². The summed E-state index contributed by atoms with van der Waals surface area (Å²) in [4.78, 5) is 0. The van der Waals surface area contributed by atoms with Crippen molar-refractivity contribution in [2.24, 2.45) is 17.8 Å². The molecule has 1 aliphatic carbocycles. The minimum atomic E-state index is 0.531. The van der Waals surface area contributed by atoms with Crippen molar-refractivity contribution >= 4 is 11.4 Å². The Bertz CT molecular complexity index is 484. The van der Waals surface area contributed by atoms with Gasteiger partial charge in [0.05, 0.1) is 0 Å². The Morgan fingerprint density at radius 1 is 1.09 bits per heavy atom. The highest BCUT2D eigenvalue weighted by molar-refractivity contribution is 5.65. The Hall–Kier alpha value is -1.18. The fourth-order valence-electron chi connectivity index (χ4n) is 4.45. The third-order valence-electron chi connectivity index (χ3n) is 5.77. The van der Waals surface area contributed by atoms with Gasteiger partial charge in [-0.1, -0.05) is 47.0 Å². The minimum Gasteiger partial charge on any atom is -0.398 e. The number of benzene rings is 1. The first-order valence-corrected chi connectivity index (χ1v) is 9.61. The van der Waals surface area contributed by atoms with Crippen LogP contribution in [0.5, 0.6) is 0 Å². The van der Waals surface area contributed by atoms with Gasteiger partial charge >= 0.3 is 0 Å². The molecule has 0 saturated heterocycles. The van der Waals surface area contributed by atoms with E-state index in [0.29, 0.717) is 17.8 Å². The minimum absolute atomic E-state index is 0.531. The largest absolute Gasteiger partial charge is 0.398 e. The maximum Gasteiger partial charge on any atom is 0.0373 e. The number of hydrogen-bond donors (Lipinski definition) is 2. The van der Waals surface area contributed by atoms with Crippen LogP contribution in [0.15, 0.2) is 12.1 Å². The van der Waals surface area contributed by atoms with E-state index in [1.54, 1.807) is 0 Å². The summed E-state index contributed by atoms with van der Waals surface area (Å²) < 4.78 is 0. The Labute approximate surface area is 143 Å². The van der Waals surface area contributed by atoms with E-state index in [9.17, 15) is 0 Å². The van der Waals surface area contributed by atoms with Crippen molar-refractivity contribution in [1.29, 1.82) is 0 Å². The first kappa shape index (κ1) is 18.2. The first-order chi connectivity index (χ1) is 10.9. The molecule has 4 N–H and O–H groups in total. The monoisotopic (exact) mass is 316 g/mol. The van der Waals surface area contributed by atoms with Crippen molar-refractivity contribution in [3.05, 3.63) is 23.3 Å².